The summed E-state index contributed by atoms with van der Waals surface area (Å²) in [6.45, 7) is 2.96. The molecule has 1 fully saturated rings. The lowest BCUT2D eigenvalue weighted by molar-refractivity contribution is 0.0676. The third-order valence-corrected chi connectivity index (χ3v) is 1.59. The molecule has 0 bridgehead atoms. The summed E-state index contributed by atoms with van der Waals surface area (Å²) in [5, 5.41) is 0. The first-order valence-corrected chi connectivity index (χ1v) is 3.45. The largest absolute Gasteiger partial charge is 0.378 e. The van der Waals surface area contributed by atoms with Crippen LogP contribution in [-0.2, 0) is 4.74 Å². The Balaban J connectivity index is 2.39. The normalized spacial score (nSPS) is 21.3. The van der Waals surface area contributed by atoms with E-state index < -0.39 is 0 Å². The van der Waals surface area contributed by atoms with E-state index in [4.69, 9.17) is 22.2 Å². The van der Waals surface area contributed by atoms with Crippen LogP contribution in [0.2, 0.25) is 0 Å². The fourth-order valence-corrected chi connectivity index (χ4v) is 0.953. The van der Waals surface area contributed by atoms with E-state index in [2.05, 4.69) is 4.51 Å². The minimum absolute atomic E-state index is 0.380. The number of hydrogen-bond acceptors (Lipinski definition) is 2. The van der Waals surface area contributed by atoms with Crippen molar-refractivity contribution < 1.29 is 4.74 Å². The van der Waals surface area contributed by atoms with Crippen LogP contribution in [-0.4, -0.2) is 37.2 Å². The molecule has 5 heteroatoms. The van der Waals surface area contributed by atoms with E-state index in [1.165, 1.54) is 0 Å². The molecule has 0 aromatic carbocycles. The summed E-state index contributed by atoms with van der Waals surface area (Å²) in [7, 11) is 0. The van der Waals surface area contributed by atoms with Gasteiger partial charge in [-0.05, 0) is 0 Å². The SMILES string of the molecule is N/C(=N\Cl)N1CCOCC1. The van der Waals surface area contributed by atoms with E-state index in [9.17, 15) is 0 Å². The average molecular weight is 164 g/mol. The molecular weight excluding hydrogens is 154 g/mol. The fraction of sp³-hybridized carbons (Fsp3) is 0.800. The molecule has 0 saturated carbocycles. The van der Waals surface area contributed by atoms with Crippen molar-refractivity contribution in [3.63, 3.8) is 0 Å². The molecule has 2 N–H and O–H groups in total. The molecule has 0 aromatic heterocycles. The van der Waals surface area contributed by atoms with Crippen LogP contribution in [0.15, 0.2) is 4.51 Å². The van der Waals surface area contributed by atoms with Crippen molar-refractivity contribution in [3.8, 4) is 0 Å². The first-order chi connectivity index (χ1) is 4.84. The van der Waals surface area contributed by atoms with E-state index in [0.717, 1.165) is 13.1 Å². The van der Waals surface area contributed by atoms with Crippen LogP contribution < -0.4 is 5.73 Å². The first-order valence-electron chi connectivity index (χ1n) is 3.11. The lowest BCUT2D eigenvalue weighted by atomic mass is 10.4. The van der Waals surface area contributed by atoms with Crippen molar-refractivity contribution in [3.05, 3.63) is 0 Å². The van der Waals surface area contributed by atoms with Gasteiger partial charge in [0.15, 0.2) is 0 Å². The Labute approximate surface area is 64.7 Å². The van der Waals surface area contributed by atoms with Gasteiger partial charge in [0.2, 0.25) is 5.96 Å². The molecule has 0 spiro atoms. The highest BCUT2D eigenvalue weighted by molar-refractivity contribution is 6.19. The zero-order valence-corrected chi connectivity index (χ0v) is 6.34. The molecule has 1 heterocycles. The smallest absolute Gasteiger partial charge is 0.209 e. The van der Waals surface area contributed by atoms with Gasteiger partial charge in [0.1, 0.15) is 0 Å². The number of hydrogen-bond donors (Lipinski definition) is 1. The monoisotopic (exact) mass is 163 g/mol. The van der Waals surface area contributed by atoms with Crippen molar-refractivity contribution in [2.24, 2.45) is 10.2 Å². The van der Waals surface area contributed by atoms with E-state index in [0.29, 0.717) is 19.2 Å². The Morgan fingerprint density at radius 2 is 2.10 bits per heavy atom. The number of guanidine groups is 1. The number of halogens is 1. The molecule has 0 aliphatic carbocycles. The Morgan fingerprint density at radius 3 is 2.60 bits per heavy atom. The first kappa shape index (κ1) is 7.63. The molecule has 0 aromatic rings. The summed E-state index contributed by atoms with van der Waals surface area (Å²) < 4.78 is 8.45. The third kappa shape index (κ3) is 1.75. The summed E-state index contributed by atoms with van der Waals surface area (Å²) >= 11 is 5.17. The van der Waals surface area contributed by atoms with E-state index in [1.54, 1.807) is 0 Å². The number of nitrogens with zero attached hydrogens (tertiary/aromatic N) is 2. The Bertz CT molecular complexity index is 133. The molecule has 1 saturated heterocycles. The maximum absolute atomic E-state index is 5.44. The van der Waals surface area contributed by atoms with Gasteiger partial charge in [-0.1, -0.05) is 0 Å². The molecule has 1 aliphatic rings. The quantitative estimate of drug-likeness (QED) is 0.397. The molecule has 0 unspecified atom stereocenters. The molecule has 1 rings (SSSR count). The van der Waals surface area contributed by atoms with Crippen molar-refractivity contribution in [1.29, 1.82) is 0 Å². The predicted octanol–water partition coefficient (Wildman–Crippen LogP) is -0.213. The zero-order valence-electron chi connectivity index (χ0n) is 5.59. The van der Waals surface area contributed by atoms with Crippen LogP contribution >= 0.6 is 11.8 Å². The van der Waals surface area contributed by atoms with Crippen LogP contribution in [0.4, 0.5) is 0 Å². The molecule has 0 atom stereocenters. The van der Waals surface area contributed by atoms with Gasteiger partial charge in [-0.25, -0.2) is 0 Å². The molecule has 0 amide bonds. The van der Waals surface area contributed by atoms with Gasteiger partial charge in [0, 0.05) is 24.9 Å². The molecule has 4 nitrogen and oxygen atoms in total. The van der Waals surface area contributed by atoms with E-state index in [1.807, 2.05) is 4.90 Å². The predicted molar refractivity (Wildman–Crippen MR) is 39.9 cm³/mol. The molecule has 58 valence electrons. The standard InChI is InChI=1S/C5H10ClN3O/c6-8-5(7)9-1-3-10-4-2-9/h1-4H2,(H2,7,8). The van der Waals surface area contributed by atoms with Gasteiger partial charge in [-0.3, -0.25) is 0 Å². The number of ether oxygens (including phenoxy) is 1. The maximum atomic E-state index is 5.44. The van der Waals surface area contributed by atoms with Gasteiger partial charge in [-0.2, -0.15) is 0 Å². The third-order valence-electron chi connectivity index (χ3n) is 1.42. The van der Waals surface area contributed by atoms with E-state index >= 15 is 0 Å². The molecule has 1 aliphatic heterocycles. The van der Waals surface area contributed by atoms with E-state index in [-0.39, 0.29) is 0 Å². The van der Waals surface area contributed by atoms with Crippen LogP contribution in [0, 0.1) is 0 Å². The Morgan fingerprint density at radius 1 is 1.50 bits per heavy atom. The van der Waals surface area contributed by atoms with Gasteiger partial charge in [0.25, 0.3) is 0 Å². The van der Waals surface area contributed by atoms with Gasteiger partial charge >= 0.3 is 0 Å². The summed E-state index contributed by atoms with van der Waals surface area (Å²) in [6.07, 6.45) is 0. The topological polar surface area (TPSA) is 50.8 Å². The Hall–Kier alpha value is -0.480. The second kappa shape index (κ2) is 3.63. The van der Waals surface area contributed by atoms with Crippen LogP contribution in [0.3, 0.4) is 0 Å². The average Bonchev–Trinajstić information content (AvgIpc) is 2.05. The van der Waals surface area contributed by atoms with Gasteiger partial charge < -0.3 is 15.4 Å². The highest BCUT2D eigenvalue weighted by Gasteiger charge is 2.11. The number of rotatable bonds is 0. The molecule has 10 heavy (non-hydrogen) atoms. The van der Waals surface area contributed by atoms with Crippen molar-refractivity contribution in [2.45, 2.75) is 0 Å². The summed E-state index contributed by atoms with van der Waals surface area (Å²) in [4.78, 5) is 1.89. The van der Waals surface area contributed by atoms with Crippen LogP contribution in [0.25, 0.3) is 0 Å². The molecular formula is C5H10ClN3O. The van der Waals surface area contributed by atoms with Crippen molar-refractivity contribution in [1.82, 2.24) is 4.90 Å². The second-order valence-electron chi connectivity index (χ2n) is 2.04. The number of nitrogens with two attached hydrogens (primary N) is 1. The van der Waals surface area contributed by atoms with Crippen molar-refractivity contribution in [2.75, 3.05) is 26.3 Å². The summed E-state index contributed by atoms with van der Waals surface area (Å²) in [5.41, 5.74) is 5.44. The van der Waals surface area contributed by atoms with Crippen LogP contribution in [0.5, 0.6) is 0 Å². The number of morpholine rings is 1. The maximum Gasteiger partial charge on any atom is 0.209 e. The lowest BCUT2D eigenvalue weighted by Crippen LogP contribution is -2.44. The van der Waals surface area contributed by atoms with Gasteiger partial charge in [-0.15, -0.1) is 4.51 Å². The summed E-state index contributed by atoms with van der Waals surface area (Å²) in [5.74, 6) is 0.380. The zero-order chi connectivity index (χ0) is 7.40. The minimum atomic E-state index is 0.380. The minimum Gasteiger partial charge on any atom is -0.378 e. The van der Waals surface area contributed by atoms with Crippen LogP contribution in [0.1, 0.15) is 0 Å². The highest BCUT2D eigenvalue weighted by atomic mass is 35.5. The fourth-order valence-electron chi connectivity index (χ4n) is 0.846. The lowest BCUT2D eigenvalue weighted by Gasteiger charge is -2.26. The highest BCUT2D eigenvalue weighted by Crippen LogP contribution is 1.96. The molecule has 0 radical (unpaired) electrons. The second-order valence-corrected chi connectivity index (χ2v) is 2.21. The van der Waals surface area contributed by atoms with Crippen molar-refractivity contribution >= 4 is 17.7 Å². The Kier molecular flexibility index (Phi) is 2.77. The van der Waals surface area contributed by atoms with Gasteiger partial charge in [0.05, 0.1) is 13.2 Å². The summed E-state index contributed by atoms with van der Waals surface area (Å²) in [6, 6.07) is 0.